The highest BCUT2D eigenvalue weighted by atomic mass is 32.1. The van der Waals surface area contributed by atoms with Crippen LogP contribution in [0.4, 0.5) is 0 Å². The molecule has 2 N–H and O–H groups in total. The summed E-state index contributed by atoms with van der Waals surface area (Å²) in [6.45, 7) is 5.51. The third-order valence-corrected chi connectivity index (χ3v) is 1.87. The van der Waals surface area contributed by atoms with E-state index in [4.69, 9.17) is 5.73 Å². The van der Waals surface area contributed by atoms with Crippen LogP contribution in [0, 0.1) is 5.92 Å². The van der Waals surface area contributed by atoms with Gasteiger partial charge in [0.25, 0.3) is 0 Å². The maximum absolute atomic E-state index is 10.5. The van der Waals surface area contributed by atoms with Gasteiger partial charge in [-0.3, -0.25) is 4.79 Å². The van der Waals surface area contributed by atoms with E-state index in [1.807, 2.05) is 13.8 Å². The number of hydrogen-bond donors (Lipinski definition) is 2. The van der Waals surface area contributed by atoms with Gasteiger partial charge >= 0.3 is 0 Å². The summed E-state index contributed by atoms with van der Waals surface area (Å²) in [4.78, 5) is 10.5. The summed E-state index contributed by atoms with van der Waals surface area (Å²) in [6, 6.07) is 0. The molecule has 1 atom stereocenters. The summed E-state index contributed by atoms with van der Waals surface area (Å²) in [7, 11) is 0. The van der Waals surface area contributed by atoms with Gasteiger partial charge in [0, 0.05) is 10.7 Å². The number of hydrogen-bond acceptors (Lipinski definition) is 2. The van der Waals surface area contributed by atoms with Crippen molar-refractivity contribution >= 4 is 18.5 Å². The minimum atomic E-state index is -0.300. The van der Waals surface area contributed by atoms with Gasteiger partial charge in [0.05, 0.1) is 0 Å². The van der Waals surface area contributed by atoms with E-state index < -0.39 is 0 Å². The normalized spacial score (nSPS) is 15.1. The van der Waals surface area contributed by atoms with Crippen molar-refractivity contribution in [1.29, 1.82) is 0 Å². The molecule has 0 aromatic carbocycles. The molecule has 0 rings (SSSR count). The van der Waals surface area contributed by atoms with Crippen molar-refractivity contribution in [2.24, 2.45) is 11.7 Å². The molecule has 0 radical (unpaired) electrons. The number of rotatable bonds is 2. The van der Waals surface area contributed by atoms with Crippen molar-refractivity contribution in [3.63, 3.8) is 0 Å². The van der Waals surface area contributed by atoms with Crippen LogP contribution >= 0.6 is 12.6 Å². The maximum Gasteiger partial charge on any atom is 0.221 e. The predicted molar refractivity (Wildman–Crippen MR) is 41.4 cm³/mol. The Labute approximate surface area is 61.2 Å². The van der Waals surface area contributed by atoms with E-state index in [9.17, 15) is 4.79 Å². The second kappa shape index (κ2) is 2.60. The molecule has 0 saturated heterocycles. The minimum Gasteiger partial charge on any atom is -0.369 e. The molecule has 3 heteroatoms. The first-order valence-corrected chi connectivity index (χ1v) is 3.32. The monoisotopic (exact) mass is 147 g/mol. The van der Waals surface area contributed by atoms with Gasteiger partial charge < -0.3 is 5.73 Å². The van der Waals surface area contributed by atoms with Crippen LogP contribution in [0.5, 0.6) is 0 Å². The molecular weight excluding hydrogens is 134 g/mol. The van der Waals surface area contributed by atoms with Gasteiger partial charge in [0.15, 0.2) is 0 Å². The number of carbonyl (C=O) groups is 1. The molecule has 0 spiro atoms. The van der Waals surface area contributed by atoms with Crippen molar-refractivity contribution in [2.75, 3.05) is 0 Å². The standard InChI is InChI=1S/C6H13NOS/c1-4(5(7)8)6(2,3)9/h4,9H,1-3H3,(H2,7,8)/t4-/m1/s1. The van der Waals surface area contributed by atoms with Gasteiger partial charge in [0.1, 0.15) is 0 Å². The molecule has 0 unspecified atom stereocenters. The fraction of sp³-hybridized carbons (Fsp3) is 0.833. The molecule has 0 fully saturated rings. The van der Waals surface area contributed by atoms with Gasteiger partial charge in [-0.25, -0.2) is 0 Å². The summed E-state index contributed by atoms with van der Waals surface area (Å²) < 4.78 is -0.300. The van der Waals surface area contributed by atoms with E-state index in [1.165, 1.54) is 0 Å². The van der Waals surface area contributed by atoms with Gasteiger partial charge in [-0.1, -0.05) is 20.8 Å². The highest BCUT2D eigenvalue weighted by Crippen LogP contribution is 2.22. The van der Waals surface area contributed by atoms with Crippen LogP contribution in [0.15, 0.2) is 0 Å². The lowest BCUT2D eigenvalue weighted by Gasteiger charge is -2.22. The zero-order chi connectivity index (χ0) is 7.65. The van der Waals surface area contributed by atoms with E-state index >= 15 is 0 Å². The Kier molecular flexibility index (Phi) is 2.55. The first kappa shape index (κ1) is 8.82. The van der Waals surface area contributed by atoms with Gasteiger partial charge in [0.2, 0.25) is 5.91 Å². The minimum absolute atomic E-state index is 0.180. The fourth-order valence-corrected chi connectivity index (χ4v) is 0.475. The quantitative estimate of drug-likeness (QED) is 0.558. The van der Waals surface area contributed by atoms with Crippen LogP contribution in [-0.2, 0) is 4.79 Å². The SMILES string of the molecule is C[C@H](C(N)=O)C(C)(C)S. The van der Waals surface area contributed by atoms with E-state index in [1.54, 1.807) is 6.92 Å². The highest BCUT2D eigenvalue weighted by Gasteiger charge is 2.25. The van der Waals surface area contributed by atoms with Gasteiger partial charge in [-0.15, -0.1) is 0 Å². The first-order valence-electron chi connectivity index (χ1n) is 2.87. The molecule has 0 aliphatic heterocycles. The van der Waals surface area contributed by atoms with Crippen LogP contribution in [-0.4, -0.2) is 10.7 Å². The molecule has 0 saturated carbocycles. The molecule has 0 heterocycles. The van der Waals surface area contributed by atoms with Crippen LogP contribution in [0.2, 0.25) is 0 Å². The molecule has 0 aromatic heterocycles. The Balaban J connectivity index is 4.04. The summed E-state index contributed by atoms with van der Waals surface area (Å²) in [5.74, 6) is -0.476. The second-order valence-electron chi connectivity index (χ2n) is 2.78. The van der Waals surface area contributed by atoms with E-state index in [0.717, 1.165) is 0 Å². The summed E-state index contributed by atoms with van der Waals surface area (Å²) in [5, 5.41) is 0. The van der Waals surface area contributed by atoms with Crippen LogP contribution in [0.1, 0.15) is 20.8 Å². The number of thiol groups is 1. The van der Waals surface area contributed by atoms with Crippen molar-refractivity contribution in [1.82, 2.24) is 0 Å². The topological polar surface area (TPSA) is 43.1 Å². The van der Waals surface area contributed by atoms with E-state index in [-0.39, 0.29) is 16.6 Å². The fourth-order valence-electron chi connectivity index (χ4n) is 0.348. The van der Waals surface area contributed by atoms with E-state index in [2.05, 4.69) is 12.6 Å². The zero-order valence-corrected chi connectivity index (χ0v) is 6.90. The molecule has 0 aliphatic rings. The van der Waals surface area contributed by atoms with Crippen LogP contribution < -0.4 is 5.73 Å². The number of nitrogens with two attached hydrogens (primary N) is 1. The third kappa shape index (κ3) is 2.75. The molecule has 2 nitrogen and oxygen atoms in total. The molecule has 0 aliphatic carbocycles. The van der Waals surface area contributed by atoms with Crippen molar-refractivity contribution in [3.8, 4) is 0 Å². The third-order valence-electron chi connectivity index (χ3n) is 1.49. The Bertz CT molecular complexity index is 117. The summed E-state index contributed by atoms with van der Waals surface area (Å²) in [6.07, 6.45) is 0. The molecule has 0 bridgehead atoms. The molecule has 9 heavy (non-hydrogen) atoms. The Morgan fingerprint density at radius 3 is 2.00 bits per heavy atom. The van der Waals surface area contributed by atoms with Gasteiger partial charge in [-0.05, 0) is 0 Å². The number of amides is 1. The largest absolute Gasteiger partial charge is 0.369 e. The van der Waals surface area contributed by atoms with Crippen molar-refractivity contribution in [3.05, 3.63) is 0 Å². The molecule has 0 aromatic rings. The lowest BCUT2D eigenvalue weighted by molar-refractivity contribution is -0.121. The summed E-state index contributed by atoms with van der Waals surface area (Å²) in [5.41, 5.74) is 5.03. The lowest BCUT2D eigenvalue weighted by Crippen LogP contribution is -2.34. The second-order valence-corrected chi connectivity index (χ2v) is 3.93. The van der Waals surface area contributed by atoms with E-state index in [0.29, 0.717) is 0 Å². The lowest BCUT2D eigenvalue weighted by atomic mass is 9.97. The predicted octanol–water partition coefficient (Wildman–Crippen LogP) is 0.816. The van der Waals surface area contributed by atoms with Gasteiger partial charge in [-0.2, -0.15) is 12.6 Å². The number of primary amides is 1. The average Bonchev–Trinajstić information content (AvgIpc) is 1.62. The molecule has 54 valence electrons. The average molecular weight is 147 g/mol. The molecular formula is C6H13NOS. The van der Waals surface area contributed by atoms with Crippen molar-refractivity contribution in [2.45, 2.75) is 25.5 Å². The van der Waals surface area contributed by atoms with Crippen LogP contribution in [0.3, 0.4) is 0 Å². The zero-order valence-electron chi connectivity index (χ0n) is 6.01. The molecule has 1 amide bonds. The van der Waals surface area contributed by atoms with Crippen molar-refractivity contribution < 1.29 is 4.79 Å². The Hall–Kier alpha value is -0.180. The maximum atomic E-state index is 10.5. The first-order chi connectivity index (χ1) is 3.85. The highest BCUT2D eigenvalue weighted by molar-refractivity contribution is 7.81. The number of carbonyl (C=O) groups excluding carboxylic acids is 1. The Morgan fingerprint density at radius 2 is 2.00 bits per heavy atom. The summed E-state index contributed by atoms with van der Waals surface area (Å²) >= 11 is 4.19. The Morgan fingerprint density at radius 1 is 1.67 bits per heavy atom. The smallest absolute Gasteiger partial charge is 0.221 e. The van der Waals surface area contributed by atoms with Crippen LogP contribution in [0.25, 0.3) is 0 Å².